The molecule has 0 aromatic rings. The van der Waals surface area contributed by atoms with Crippen LogP contribution in [0.2, 0.25) is 0 Å². The lowest BCUT2D eigenvalue weighted by atomic mass is 9.93. The van der Waals surface area contributed by atoms with Gasteiger partial charge in [0.2, 0.25) is 0 Å². The highest BCUT2D eigenvalue weighted by molar-refractivity contribution is 4.94. The van der Waals surface area contributed by atoms with Crippen LogP contribution in [0.1, 0.15) is 117 Å². The fraction of sp³-hybridized carbons (Fsp3) is 0.929. The maximum Gasteiger partial charge on any atom is 0.0490 e. The van der Waals surface area contributed by atoms with Crippen LogP contribution in [0.5, 0.6) is 0 Å². The van der Waals surface area contributed by atoms with Gasteiger partial charge in [0.15, 0.2) is 0 Å². The van der Waals surface area contributed by atoms with Gasteiger partial charge in [0.05, 0.1) is 0 Å². The third-order valence-corrected chi connectivity index (χ3v) is 6.39. The van der Waals surface area contributed by atoms with Crippen molar-refractivity contribution in [2.45, 2.75) is 117 Å². The van der Waals surface area contributed by atoms with E-state index < -0.39 is 0 Å². The Morgan fingerprint density at radius 3 is 2.03 bits per heavy atom. The number of ether oxygens (including phenoxy) is 2. The van der Waals surface area contributed by atoms with Gasteiger partial charge < -0.3 is 14.4 Å². The molecule has 0 saturated carbocycles. The molecule has 186 valence electrons. The van der Waals surface area contributed by atoms with Crippen molar-refractivity contribution in [3.8, 4) is 0 Å². The highest BCUT2D eigenvalue weighted by atomic mass is 16.5. The van der Waals surface area contributed by atoms with Crippen molar-refractivity contribution >= 4 is 0 Å². The Balaban J connectivity index is 3.95. The fourth-order valence-corrected chi connectivity index (χ4v) is 4.41. The van der Waals surface area contributed by atoms with Gasteiger partial charge in [-0.3, -0.25) is 0 Å². The molecule has 3 heteroatoms. The molecule has 0 N–H and O–H groups in total. The topological polar surface area (TPSA) is 21.7 Å². The van der Waals surface area contributed by atoms with Crippen LogP contribution in [-0.2, 0) is 9.47 Å². The summed E-state index contributed by atoms with van der Waals surface area (Å²) >= 11 is 0. The van der Waals surface area contributed by atoms with Gasteiger partial charge >= 0.3 is 0 Å². The van der Waals surface area contributed by atoms with Gasteiger partial charge in [-0.25, -0.2) is 0 Å². The van der Waals surface area contributed by atoms with Crippen molar-refractivity contribution in [2.75, 3.05) is 47.1 Å². The molecule has 0 aliphatic carbocycles. The van der Waals surface area contributed by atoms with E-state index in [0.29, 0.717) is 5.92 Å². The minimum absolute atomic E-state index is 0.697. The van der Waals surface area contributed by atoms with Crippen LogP contribution < -0.4 is 0 Å². The van der Waals surface area contributed by atoms with Crippen LogP contribution in [0.3, 0.4) is 0 Å². The van der Waals surface area contributed by atoms with Gasteiger partial charge in [-0.15, -0.1) is 0 Å². The standard InChI is InChI=1S/C28H57NO2/c1-6-8-9-10-13-18-27(3)20-21-28(26-31-5)19-14-16-24-29(22-7-2)23-15-11-12-17-25-30-4/h28H,3,6-26H2,1-2,4-5H3. The maximum atomic E-state index is 5.52. The van der Waals surface area contributed by atoms with E-state index in [-0.39, 0.29) is 0 Å². The predicted octanol–water partition coefficient (Wildman–Crippen LogP) is 8.04. The first-order valence-corrected chi connectivity index (χ1v) is 13.5. The molecule has 0 bridgehead atoms. The zero-order valence-electron chi connectivity index (χ0n) is 21.9. The molecule has 1 unspecified atom stereocenters. The molecular formula is C28H57NO2. The van der Waals surface area contributed by atoms with Crippen molar-refractivity contribution in [3.05, 3.63) is 12.2 Å². The lowest BCUT2D eigenvalue weighted by Crippen LogP contribution is -2.27. The van der Waals surface area contributed by atoms with Crippen molar-refractivity contribution in [1.29, 1.82) is 0 Å². The highest BCUT2D eigenvalue weighted by Gasteiger charge is 2.10. The van der Waals surface area contributed by atoms with Crippen LogP contribution in [0.4, 0.5) is 0 Å². The van der Waals surface area contributed by atoms with Crippen LogP contribution >= 0.6 is 0 Å². The molecule has 0 aliphatic heterocycles. The van der Waals surface area contributed by atoms with Gasteiger partial charge in [0, 0.05) is 27.4 Å². The Morgan fingerprint density at radius 2 is 1.35 bits per heavy atom. The highest BCUT2D eigenvalue weighted by Crippen LogP contribution is 2.21. The first-order chi connectivity index (χ1) is 15.2. The summed E-state index contributed by atoms with van der Waals surface area (Å²) in [7, 11) is 3.65. The number of hydrogen-bond donors (Lipinski definition) is 0. The molecule has 1 atom stereocenters. The van der Waals surface area contributed by atoms with E-state index in [1.807, 2.05) is 7.11 Å². The van der Waals surface area contributed by atoms with E-state index in [0.717, 1.165) is 13.2 Å². The first kappa shape index (κ1) is 30.6. The molecule has 0 saturated heterocycles. The van der Waals surface area contributed by atoms with Gasteiger partial charge in [0.25, 0.3) is 0 Å². The summed E-state index contributed by atoms with van der Waals surface area (Å²) in [6.45, 7) is 14.5. The first-order valence-electron chi connectivity index (χ1n) is 13.5. The molecule has 0 rings (SSSR count). The molecule has 0 spiro atoms. The average molecular weight is 440 g/mol. The SMILES string of the molecule is C=C(CCCCCCC)CCC(CCCCN(CCC)CCCCCCOC)COC. The van der Waals surface area contributed by atoms with Crippen LogP contribution in [0.15, 0.2) is 12.2 Å². The number of nitrogens with zero attached hydrogens (tertiary/aromatic N) is 1. The van der Waals surface area contributed by atoms with Gasteiger partial charge in [0.1, 0.15) is 0 Å². The molecule has 0 aromatic heterocycles. The minimum atomic E-state index is 0.697. The second-order valence-electron chi connectivity index (χ2n) is 9.52. The normalized spacial score (nSPS) is 12.5. The van der Waals surface area contributed by atoms with Crippen LogP contribution in [0, 0.1) is 5.92 Å². The van der Waals surface area contributed by atoms with Crippen molar-refractivity contribution in [2.24, 2.45) is 5.92 Å². The second-order valence-corrected chi connectivity index (χ2v) is 9.52. The summed E-state index contributed by atoms with van der Waals surface area (Å²) in [6.07, 6.45) is 20.8. The minimum Gasteiger partial charge on any atom is -0.385 e. The number of methoxy groups -OCH3 is 2. The van der Waals surface area contributed by atoms with E-state index in [9.17, 15) is 0 Å². The predicted molar refractivity (Wildman–Crippen MR) is 138 cm³/mol. The number of allylic oxidation sites excluding steroid dienone is 1. The van der Waals surface area contributed by atoms with Crippen molar-refractivity contribution in [1.82, 2.24) is 4.90 Å². The molecule has 0 aliphatic rings. The Morgan fingerprint density at radius 1 is 0.677 bits per heavy atom. The van der Waals surface area contributed by atoms with Gasteiger partial charge in [-0.1, -0.05) is 70.9 Å². The molecular weight excluding hydrogens is 382 g/mol. The Kier molecular flexibility index (Phi) is 24.0. The Bertz CT molecular complexity index is 372. The zero-order chi connectivity index (χ0) is 23.0. The second kappa shape index (κ2) is 24.3. The van der Waals surface area contributed by atoms with Crippen LogP contribution in [-0.4, -0.2) is 52.0 Å². The summed E-state index contributed by atoms with van der Waals surface area (Å²) in [5.74, 6) is 0.697. The molecule has 0 amide bonds. The Hall–Kier alpha value is -0.380. The quantitative estimate of drug-likeness (QED) is 0.106. The number of unbranched alkanes of at least 4 members (excludes halogenated alkanes) is 8. The van der Waals surface area contributed by atoms with Crippen molar-refractivity contribution in [3.63, 3.8) is 0 Å². The number of hydrogen-bond acceptors (Lipinski definition) is 3. The van der Waals surface area contributed by atoms with E-state index in [1.165, 1.54) is 128 Å². The molecule has 0 radical (unpaired) electrons. The van der Waals surface area contributed by atoms with Gasteiger partial charge in [-0.2, -0.15) is 0 Å². The summed E-state index contributed by atoms with van der Waals surface area (Å²) in [5.41, 5.74) is 1.46. The summed E-state index contributed by atoms with van der Waals surface area (Å²) in [6, 6.07) is 0. The summed E-state index contributed by atoms with van der Waals surface area (Å²) in [5, 5.41) is 0. The fourth-order valence-electron chi connectivity index (χ4n) is 4.41. The maximum absolute atomic E-state index is 5.52. The van der Waals surface area contributed by atoms with Crippen molar-refractivity contribution < 1.29 is 9.47 Å². The van der Waals surface area contributed by atoms with Gasteiger partial charge in [-0.05, 0) is 83.3 Å². The van der Waals surface area contributed by atoms with E-state index in [2.05, 4.69) is 25.3 Å². The number of rotatable bonds is 25. The molecule has 31 heavy (non-hydrogen) atoms. The summed E-state index contributed by atoms with van der Waals surface area (Å²) < 4.78 is 10.7. The molecule has 0 heterocycles. The molecule has 3 nitrogen and oxygen atoms in total. The Labute approximate surface area is 196 Å². The average Bonchev–Trinajstić information content (AvgIpc) is 2.76. The van der Waals surface area contributed by atoms with E-state index >= 15 is 0 Å². The largest absolute Gasteiger partial charge is 0.385 e. The molecule has 0 aromatic carbocycles. The van der Waals surface area contributed by atoms with Crippen LogP contribution in [0.25, 0.3) is 0 Å². The lowest BCUT2D eigenvalue weighted by molar-refractivity contribution is 0.140. The smallest absolute Gasteiger partial charge is 0.0490 e. The third kappa shape index (κ3) is 21.2. The van der Waals surface area contributed by atoms with E-state index in [1.54, 1.807) is 7.11 Å². The lowest BCUT2D eigenvalue weighted by Gasteiger charge is -2.22. The zero-order valence-corrected chi connectivity index (χ0v) is 21.9. The third-order valence-electron chi connectivity index (χ3n) is 6.39. The van der Waals surface area contributed by atoms with E-state index in [4.69, 9.17) is 9.47 Å². The monoisotopic (exact) mass is 439 g/mol. The molecule has 0 fully saturated rings. The summed E-state index contributed by atoms with van der Waals surface area (Å²) in [4.78, 5) is 2.68.